The largest absolute Gasteiger partial charge is 0.508 e. The normalized spacial score (nSPS) is 12.5. The third kappa shape index (κ3) is 2.15. The molecule has 0 saturated heterocycles. The van der Waals surface area contributed by atoms with E-state index in [9.17, 15) is 5.11 Å². The Hall–Kier alpha value is -1.28. The first-order valence-corrected chi connectivity index (χ1v) is 4.73. The molecule has 76 valence electrons. The molecule has 0 unspecified atom stereocenters. The van der Waals surface area contributed by atoms with Gasteiger partial charge in [-0.25, -0.2) is 0 Å². The number of phenols is 1. The molecular formula is C12H17NO. The standard InChI is InChI=1S/C12H17NO/c1-4-5-11(13)10-6-8(2)9(3)7-12(10)14/h4,6-7,11,14H,1,5,13H2,2-3H3/t11-/m1/s1. The Morgan fingerprint density at radius 1 is 1.43 bits per heavy atom. The molecule has 2 heteroatoms. The second kappa shape index (κ2) is 4.29. The van der Waals surface area contributed by atoms with Crippen molar-refractivity contribution < 1.29 is 5.11 Å². The van der Waals surface area contributed by atoms with Crippen molar-refractivity contribution in [2.75, 3.05) is 0 Å². The van der Waals surface area contributed by atoms with Crippen LogP contribution in [0, 0.1) is 13.8 Å². The van der Waals surface area contributed by atoms with Crippen LogP contribution < -0.4 is 5.73 Å². The van der Waals surface area contributed by atoms with Gasteiger partial charge in [0, 0.05) is 11.6 Å². The van der Waals surface area contributed by atoms with Gasteiger partial charge in [-0.15, -0.1) is 6.58 Å². The van der Waals surface area contributed by atoms with Gasteiger partial charge in [-0.1, -0.05) is 12.1 Å². The summed E-state index contributed by atoms with van der Waals surface area (Å²) in [6, 6.07) is 3.54. The monoisotopic (exact) mass is 191 g/mol. The molecule has 1 rings (SSSR count). The smallest absolute Gasteiger partial charge is 0.120 e. The van der Waals surface area contributed by atoms with Crippen LogP contribution in [0.15, 0.2) is 24.8 Å². The fraction of sp³-hybridized carbons (Fsp3) is 0.333. The maximum Gasteiger partial charge on any atom is 0.120 e. The van der Waals surface area contributed by atoms with Crippen LogP contribution in [0.4, 0.5) is 0 Å². The molecule has 0 radical (unpaired) electrons. The van der Waals surface area contributed by atoms with E-state index in [0.717, 1.165) is 16.7 Å². The van der Waals surface area contributed by atoms with Crippen LogP contribution in [-0.4, -0.2) is 5.11 Å². The van der Waals surface area contributed by atoms with Crippen LogP contribution in [0.5, 0.6) is 5.75 Å². The average Bonchev–Trinajstić information content (AvgIpc) is 2.11. The van der Waals surface area contributed by atoms with Gasteiger partial charge in [-0.2, -0.15) is 0 Å². The SMILES string of the molecule is C=CC[C@@H](N)c1cc(C)c(C)cc1O. The van der Waals surface area contributed by atoms with E-state index in [1.54, 1.807) is 12.1 Å². The van der Waals surface area contributed by atoms with Crippen molar-refractivity contribution in [3.63, 3.8) is 0 Å². The average molecular weight is 191 g/mol. The van der Waals surface area contributed by atoms with Crippen molar-refractivity contribution in [2.24, 2.45) is 5.73 Å². The van der Waals surface area contributed by atoms with E-state index in [2.05, 4.69) is 6.58 Å². The minimum atomic E-state index is -0.160. The highest BCUT2D eigenvalue weighted by molar-refractivity contribution is 5.42. The molecule has 0 bridgehead atoms. The molecule has 0 aliphatic rings. The fourth-order valence-electron chi connectivity index (χ4n) is 1.43. The summed E-state index contributed by atoms with van der Waals surface area (Å²) >= 11 is 0. The van der Waals surface area contributed by atoms with Gasteiger partial charge >= 0.3 is 0 Å². The first kappa shape index (κ1) is 10.8. The Labute approximate surface area is 85.1 Å². The van der Waals surface area contributed by atoms with Crippen LogP contribution in [0.2, 0.25) is 0 Å². The van der Waals surface area contributed by atoms with Gasteiger partial charge in [0.25, 0.3) is 0 Å². The summed E-state index contributed by atoms with van der Waals surface area (Å²) in [7, 11) is 0. The summed E-state index contributed by atoms with van der Waals surface area (Å²) < 4.78 is 0. The Morgan fingerprint density at radius 2 is 2.00 bits per heavy atom. The van der Waals surface area contributed by atoms with E-state index >= 15 is 0 Å². The van der Waals surface area contributed by atoms with Crippen LogP contribution in [0.3, 0.4) is 0 Å². The van der Waals surface area contributed by atoms with Crippen molar-refractivity contribution in [2.45, 2.75) is 26.3 Å². The molecule has 1 aromatic carbocycles. The topological polar surface area (TPSA) is 46.2 Å². The highest BCUT2D eigenvalue weighted by Crippen LogP contribution is 2.27. The Kier molecular flexibility index (Phi) is 3.31. The van der Waals surface area contributed by atoms with Crippen molar-refractivity contribution in [3.8, 4) is 5.75 Å². The molecule has 14 heavy (non-hydrogen) atoms. The molecule has 3 N–H and O–H groups in total. The molecule has 0 amide bonds. The van der Waals surface area contributed by atoms with Crippen LogP contribution >= 0.6 is 0 Å². The first-order valence-electron chi connectivity index (χ1n) is 4.73. The number of aryl methyl sites for hydroxylation is 2. The molecule has 0 spiro atoms. The van der Waals surface area contributed by atoms with E-state index in [4.69, 9.17) is 5.73 Å². The van der Waals surface area contributed by atoms with Gasteiger partial charge in [0.15, 0.2) is 0 Å². The highest BCUT2D eigenvalue weighted by atomic mass is 16.3. The number of nitrogens with two attached hydrogens (primary N) is 1. The zero-order valence-electron chi connectivity index (χ0n) is 8.75. The summed E-state index contributed by atoms with van der Waals surface area (Å²) in [6.45, 7) is 7.62. The maximum absolute atomic E-state index is 9.70. The third-order valence-corrected chi connectivity index (χ3v) is 2.46. The molecule has 1 atom stereocenters. The van der Waals surface area contributed by atoms with Gasteiger partial charge in [0.1, 0.15) is 5.75 Å². The molecule has 0 aliphatic heterocycles. The molecule has 1 aromatic rings. The van der Waals surface area contributed by atoms with E-state index in [1.807, 2.05) is 19.9 Å². The Morgan fingerprint density at radius 3 is 2.57 bits per heavy atom. The van der Waals surface area contributed by atoms with E-state index in [0.29, 0.717) is 6.42 Å². The fourth-order valence-corrected chi connectivity index (χ4v) is 1.43. The summed E-state index contributed by atoms with van der Waals surface area (Å²) in [6.07, 6.45) is 2.44. The zero-order valence-corrected chi connectivity index (χ0v) is 8.75. The molecule has 0 saturated carbocycles. The summed E-state index contributed by atoms with van der Waals surface area (Å²) in [5, 5.41) is 9.70. The molecule has 0 heterocycles. The number of hydrogen-bond donors (Lipinski definition) is 2. The van der Waals surface area contributed by atoms with Crippen molar-refractivity contribution in [1.29, 1.82) is 0 Å². The molecule has 0 aromatic heterocycles. The Bertz CT molecular complexity index is 344. The summed E-state index contributed by atoms with van der Waals surface area (Å²) in [4.78, 5) is 0. The molecule has 2 nitrogen and oxygen atoms in total. The molecule has 0 aliphatic carbocycles. The number of rotatable bonds is 3. The minimum absolute atomic E-state index is 0.160. The lowest BCUT2D eigenvalue weighted by Gasteiger charge is -2.13. The van der Waals surface area contributed by atoms with Crippen LogP contribution in [0.25, 0.3) is 0 Å². The first-order chi connectivity index (χ1) is 6.56. The maximum atomic E-state index is 9.70. The lowest BCUT2D eigenvalue weighted by molar-refractivity contribution is 0.461. The second-order valence-electron chi connectivity index (χ2n) is 3.63. The van der Waals surface area contributed by atoms with Crippen LogP contribution in [0.1, 0.15) is 29.2 Å². The van der Waals surface area contributed by atoms with E-state index in [1.165, 1.54) is 0 Å². The summed E-state index contributed by atoms with van der Waals surface area (Å²) in [5.41, 5.74) is 8.92. The number of phenolic OH excluding ortho intramolecular Hbond substituents is 1. The van der Waals surface area contributed by atoms with Crippen molar-refractivity contribution >= 4 is 0 Å². The van der Waals surface area contributed by atoms with Gasteiger partial charge < -0.3 is 10.8 Å². The highest BCUT2D eigenvalue weighted by Gasteiger charge is 2.10. The number of benzene rings is 1. The second-order valence-corrected chi connectivity index (χ2v) is 3.63. The quantitative estimate of drug-likeness (QED) is 0.721. The van der Waals surface area contributed by atoms with Gasteiger partial charge in [0.05, 0.1) is 0 Å². The minimum Gasteiger partial charge on any atom is -0.508 e. The lowest BCUT2D eigenvalue weighted by Crippen LogP contribution is -2.09. The van der Waals surface area contributed by atoms with Crippen molar-refractivity contribution in [3.05, 3.63) is 41.5 Å². The molecular weight excluding hydrogens is 174 g/mol. The predicted molar refractivity (Wildman–Crippen MR) is 59.3 cm³/mol. The predicted octanol–water partition coefficient (Wildman–Crippen LogP) is 2.58. The zero-order chi connectivity index (χ0) is 10.7. The van der Waals surface area contributed by atoms with Crippen LogP contribution in [-0.2, 0) is 0 Å². The van der Waals surface area contributed by atoms with Gasteiger partial charge in [-0.3, -0.25) is 0 Å². The van der Waals surface area contributed by atoms with Gasteiger partial charge in [-0.05, 0) is 37.5 Å². The van der Waals surface area contributed by atoms with E-state index in [-0.39, 0.29) is 11.8 Å². The number of aromatic hydroxyl groups is 1. The third-order valence-electron chi connectivity index (χ3n) is 2.46. The number of hydrogen-bond acceptors (Lipinski definition) is 2. The lowest BCUT2D eigenvalue weighted by atomic mass is 9.98. The van der Waals surface area contributed by atoms with Gasteiger partial charge in [0.2, 0.25) is 0 Å². The van der Waals surface area contributed by atoms with E-state index < -0.39 is 0 Å². The Balaban J connectivity index is 3.08. The van der Waals surface area contributed by atoms with Crippen molar-refractivity contribution in [1.82, 2.24) is 0 Å². The summed E-state index contributed by atoms with van der Waals surface area (Å²) in [5.74, 6) is 0.280. The molecule has 0 fully saturated rings.